The summed E-state index contributed by atoms with van der Waals surface area (Å²) in [6.07, 6.45) is 1.86. The molecule has 0 spiro atoms. The van der Waals surface area contributed by atoms with Crippen LogP contribution in [0.1, 0.15) is 18.1 Å². The van der Waals surface area contributed by atoms with Gasteiger partial charge in [0.05, 0.1) is 0 Å². The average molecular weight is 263 g/mol. The Labute approximate surface area is 112 Å². The molecule has 0 bridgehead atoms. The number of benzene rings is 1. The van der Waals surface area contributed by atoms with Crippen molar-refractivity contribution in [2.75, 3.05) is 6.54 Å². The second-order valence-corrected chi connectivity index (χ2v) is 5.20. The predicted octanol–water partition coefficient (Wildman–Crippen LogP) is 3.65. The van der Waals surface area contributed by atoms with E-state index < -0.39 is 0 Å². The van der Waals surface area contributed by atoms with E-state index in [4.69, 9.17) is 0 Å². The molecule has 1 heterocycles. The molecule has 1 aromatic carbocycles. The van der Waals surface area contributed by atoms with Gasteiger partial charge in [-0.1, -0.05) is 19.1 Å². The first-order valence-corrected chi connectivity index (χ1v) is 7.21. The van der Waals surface area contributed by atoms with E-state index in [0.29, 0.717) is 6.04 Å². The molecule has 0 fully saturated rings. The van der Waals surface area contributed by atoms with Crippen molar-refractivity contribution in [2.24, 2.45) is 0 Å². The van der Waals surface area contributed by atoms with Crippen molar-refractivity contribution in [1.29, 1.82) is 0 Å². The Morgan fingerprint density at radius 1 is 1.22 bits per heavy atom. The fraction of sp³-hybridized carbons (Fsp3) is 0.333. The Balaban J connectivity index is 2.01. The second kappa shape index (κ2) is 6.66. The molecule has 0 aliphatic heterocycles. The van der Waals surface area contributed by atoms with Crippen LogP contribution in [-0.2, 0) is 12.8 Å². The molecule has 3 heteroatoms. The van der Waals surface area contributed by atoms with Crippen LogP contribution >= 0.6 is 11.3 Å². The number of nitrogens with one attached hydrogen (secondary N) is 1. The molecule has 18 heavy (non-hydrogen) atoms. The minimum absolute atomic E-state index is 0.154. The molecule has 0 aliphatic rings. The normalized spacial score (nSPS) is 12.6. The number of halogens is 1. The first kappa shape index (κ1) is 13.2. The fourth-order valence-electron chi connectivity index (χ4n) is 2.15. The molecule has 1 aromatic heterocycles. The van der Waals surface area contributed by atoms with E-state index in [1.165, 1.54) is 11.6 Å². The number of hydrogen-bond acceptors (Lipinski definition) is 2. The van der Waals surface area contributed by atoms with Crippen LogP contribution in [0.25, 0.3) is 0 Å². The van der Waals surface area contributed by atoms with Crippen LogP contribution < -0.4 is 5.32 Å². The zero-order chi connectivity index (χ0) is 12.8. The SMILES string of the molecule is CCNC(Cc1ccsc1)Cc1cccc(F)c1. The quantitative estimate of drug-likeness (QED) is 0.839. The summed E-state index contributed by atoms with van der Waals surface area (Å²) in [4.78, 5) is 0. The largest absolute Gasteiger partial charge is 0.314 e. The maximum atomic E-state index is 13.2. The lowest BCUT2D eigenvalue weighted by molar-refractivity contribution is 0.520. The summed E-state index contributed by atoms with van der Waals surface area (Å²) in [7, 11) is 0. The van der Waals surface area contributed by atoms with Gasteiger partial charge in [-0.25, -0.2) is 4.39 Å². The van der Waals surface area contributed by atoms with Gasteiger partial charge in [-0.05, 0) is 59.5 Å². The summed E-state index contributed by atoms with van der Waals surface area (Å²) in [6, 6.07) is 9.40. The first-order valence-electron chi connectivity index (χ1n) is 6.27. The van der Waals surface area contributed by atoms with Gasteiger partial charge in [-0.3, -0.25) is 0 Å². The van der Waals surface area contributed by atoms with Crippen LogP contribution in [0, 0.1) is 5.82 Å². The van der Waals surface area contributed by atoms with Crippen LogP contribution in [0.4, 0.5) is 4.39 Å². The molecule has 0 radical (unpaired) electrons. The summed E-state index contributed by atoms with van der Waals surface area (Å²) in [5.41, 5.74) is 2.40. The molecule has 0 saturated carbocycles. The minimum atomic E-state index is -0.154. The van der Waals surface area contributed by atoms with E-state index >= 15 is 0 Å². The van der Waals surface area contributed by atoms with Crippen molar-refractivity contribution in [3.8, 4) is 0 Å². The third kappa shape index (κ3) is 3.93. The topological polar surface area (TPSA) is 12.0 Å². The van der Waals surface area contributed by atoms with Gasteiger partial charge in [-0.15, -0.1) is 0 Å². The molecule has 1 atom stereocenters. The van der Waals surface area contributed by atoms with E-state index in [1.807, 2.05) is 6.07 Å². The van der Waals surface area contributed by atoms with Crippen LogP contribution in [-0.4, -0.2) is 12.6 Å². The molecular weight excluding hydrogens is 245 g/mol. The Bertz CT molecular complexity index is 467. The second-order valence-electron chi connectivity index (χ2n) is 4.42. The minimum Gasteiger partial charge on any atom is -0.314 e. The van der Waals surface area contributed by atoms with E-state index in [1.54, 1.807) is 23.5 Å². The van der Waals surface area contributed by atoms with Crippen molar-refractivity contribution < 1.29 is 4.39 Å². The van der Waals surface area contributed by atoms with E-state index in [0.717, 1.165) is 24.9 Å². The lowest BCUT2D eigenvalue weighted by Crippen LogP contribution is -2.32. The van der Waals surface area contributed by atoms with Crippen molar-refractivity contribution >= 4 is 11.3 Å². The molecule has 2 aromatic rings. The Kier molecular flexibility index (Phi) is 4.90. The molecule has 1 unspecified atom stereocenters. The van der Waals surface area contributed by atoms with Crippen LogP contribution in [0.15, 0.2) is 41.1 Å². The van der Waals surface area contributed by atoms with Crippen molar-refractivity contribution in [3.63, 3.8) is 0 Å². The number of rotatable bonds is 6. The highest BCUT2D eigenvalue weighted by Crippen LogP contribution is 2.13. The third-order valence-electron chi connectivity index (χ3n) is 2.93. The lowest BCUT2D eigenvalue weighted by Gasteiger charge is -2.17. The summed E-state index contributed by atoms with van der Waals surface area (Å²) >= 11 is 1.72. The molecule has 0 amide bonds. The monoisotopic (exact) mass is 263 g/mol. The molecule has 0 saturated heterocycles. The van der Waals surface area contributed by atoms with Crippen LogP contribution in [0.2, 0.25) is 0 Å². The van der Waals surface area contributed by atoms with Crippen molar-refractivity contribution in [1.82, 2.24) is 5.32 Å². The zero-order valence-corrected chi connectivity index (χ0v) is 11.3. The molecule has 1 N–H and O–H groups in total. The van der Waals surface area contributed by atoms with Crippen LogP contribution in [0.3, 0.4) is 0 Å². The summed E-state index contributed by atoms with van der Waals surface area (Å²) in [5, 5.41) is 7.75. The number of likely N-dealkylation sites (N-methyl/N-ethyl adjacent to an activating group) is 1. The van der Waals surface area contributed by atoms with Gasteiger partial charge in [0.1, 0.15) is 5.82 Å². The third-order valence-corrected chi connectivity index (χ3v) is 3.66. The number of hydrogen-bond donors (Lipinski definition) is 1. The predicted molar refractivity (Wildman–Crippen MR) is 75.6 cm³/mol. The van der Waals surface area contributed by atoms with Gasteiger partial charge in [0.15, 0.2) is 0 Å². The van der Waals surface area contributed by atoms with Gasteiger partial charge in [-0.2, -0.15) is 11.3 Å². The highest BCUT2D eigenvalue weighted by Gasteiger charge is 2.10. The Morgan fingerprint density at radius 2 is 2.06 bits per heavy atom. The molecule has 96 valence electrons. The Hall–Kier alpha value is -1.19. The standard InChI is InChI=1S/C15H18FNS/c1-2-17-15(10-13-6-7-18-11-13)9-12-4-3-5-14(16)8-12/h3-8,11,15,17H,2,9-10H2,1H3. The van der Waals surface area contributed by atoms with Crippen molar-refractivity contribution in [3.05, 3.63) is 58.0 Å². The highest BCUT2D eigenvalue weighted by molar-refractivity contribution is 7.07. The lowest BCUT2D eigenvalue weighted by atomic mass is 10.0. The van der Waals surface area contributed by atoms with Gasteiger partial charge in [0.25, 0.3) is 0 Å². The fourth-order valence-corrected chi connectivity index (χ4v) is 2.83. The van der Waals surface area contributed by atoms with Crippen LogP contribution in [0.5, 0.6) is 0 Å². The maximum Gasteiger partial charge on any atom is 0.123 e. The molecule has 1 nitrogen and oxygen atoms in total. The summed E-state index contributed by atoms with van der Waals surface area (Å²) in [5.74, 6) is -0.154. The van der Waals surface area contributed by atoms with Gasteiger partial charge in [0, 0.05) is 6.04 Å². The van der Waals surface area contributed by atoms with E-state index in [2.05, 4.69) is 29.1 Å². The molecular formula is C15H18FNS. The zero-order valence-electron chi connectivity index (χ0n) is 10.5. The number of thiophene rings is 1. The van der Waals surface area contributed by atoms with E-state index in [9.17, 15) is 4.39 Å². The van der Waals surface area contributed by atoms with Gasteiger partial charge in [0.2, 0.25) is 0 Å². The maximum absolute atomic E-state index is 13.2. The average Bonchev–Trinajstić information content (AvgIpc) is 2.82. The van der Waals surface area contributed by atoms with Gasteiger partial charge >= 0.3 is 0 Å². The van der Waals surface area contributed by atoms with E-state index in [-0.39, 0.29) is 5.82 Å². The van der Waals surface area contributed by atoms with Gasteiger partial charge < -0.3 is 5.32 Å². The van der Waals surface area contributed by atoms with Crippen molar-refractivity contribution in [2.45, 2.75) is 25.8 Å². The highest BCUT2D eigenvalue weighted by atomic mass is 32.1. The summed E-state index contributed by atoms with van der Waals surface area (Å²) < 4.78 is 13.2. The summed E-state index contributed by atoms with van der Waals surface area (Å²) in [6.45, 7) is 3.04. The first-order chi connectivity index (χ1) is 8.78. The molecule has 2 rings (SSSR count). The molecule has 0 aliphatic carbocycles. The smallest absolute Gasteiger partial charge is 0.123 e. The Morgan fingerprint density at radius 3 is 2.72 bits per heavy atom.